The highest BCUT2D eigenvalue weighted by molar-refractivity contribution is 7.15. The van der Waals surface area contributed by atoms with Gasteiger partial charge in [-0.2, -0.15) is 13.2 Å². The zero-order valence-corrected chi connectivity index (χ0v) is 18.3. The van der Waals surface area contributed by atoms with Crippen LogP contribution in [0.5, 0.6) is 0 Å². The molecule has 1 aliphatic heterocycles. The largest absolute Gasteiger partial charge is 0.469 e. The molecule has 0 spiro atoms. The third-order valence-electron chi connectivity index (χ3n) is 4.99. The highest BCUT2D eigenvalue weighted by Crippen LogP contribution is 2.31. The topological polar surface area (TPSA) is 87.7 Å². The molecule has 0 bridgehead atoms. The lowest BCUT2D eigenvalue weighted by Crippen LogP contribution is -2.48. The van der Waals surface area contributed by atoms with Crippen LogP contribution in [-0.4, -0.2) is 66.8 Å². The number of methoxy groups -OCH3 is 1. The van der Waals surface area contributed by atoms with E-state index in [0.717, 1.165) is 17.1 Å². The Kier molecular flexibility index (Phi) is 8.02. The summed E-state index contributed by atoms with van der Waals surface area (Å²) in [5.74, 6) is -0.508. The molecule has 1 aromatic carbocycles. The Hall–Kier alpha value is -2.73. The molecule has 0 radical (unpaired) electrons. The minimum absolute atomic E-state index is 0.160. The number of ether oxygens (including phenoxy) is 1. The molecule has 174 valence electrons. The number of aryl methyl sites for hydroxylation is 1. The zero-order chi connectivity index (χ0) is 23.1. The van der Waals surface area contributed by atoms with Gasteiger partial charge in [0.05, 0.1) is 19.2 Å². The molecule has 1 N–H and O–H groups in total. The smallest absolute Gasteiger partial charge is 0.416 e. The summed E-state index contributed by atoms with van der Waals surface area (Å²) >= 11 is 1.26. The molecule has 0 atom stereocenters. The van der Waals surface area contributed by atoms with Gasteiger partial charge in [0, 0.05) is 44.7 Å². The minimum Gasteiger partial charge on any atom is -0.469 e. The monoisotopic (exact) mass is 471 g/mol. The number of nitrogens with zero attached hydrogens (tertiary/aromatic N) is 4. The van der Waals surface area contributed by atoms with E-state index in [9.17, 15) is 22.8 Å². The van der Waals surface area contributed by atoms with Gasteiger partial charge >= 0.3 is 12.1 Å². The second-order valence-corrected chi connectivity index (χ2v) is 8.35. The van der Waals surface area contributed by atoms with Crippen molar-refractivity contribution in [2.75, 3.05) is 50.1 Å². The van der Waals surface area contributed by atoms with Gasteiger partial charge in [0.2, 0.25) is 11.0 Å². The van der Waals surface area contributed by atoms with Gasteiger partial charge < -0.3 is 9.64 Å². The molecule has 0 unspecified atom stereocenters. The Bertz CT molecular complexity index is 929. The fourth-order valence-corrected chi connectivity index (χ4v) is 4.09. The van der Waals surface area contributed by atoms with Gasteiger partial charge in [0.25, 0.3) is 0 Å². The van der Waals surface area contributed by atoms with Crippen molar-refractivity contribution in [3.05, 3.63) is 34.8 Å². The molecule has 32 heavy (non-hydrogen) atoms. The summed E-state index contributed by atoms with van der Waals surface area (Å²) in [5.41, 5.74) is -0.143. The molecule has 0 saturated carbocycles. The van der Waals surface area contributed by atoms with E-state index in [1.54, 1.807) is 6.07 Å². The van der Waals surface area contributed by atoms with Crippen LogP contribution in [0.2, 0.25) is 0 Å². The number of rotatable bonds is 8. The van der Waals surface area contributed by atoms with Crippen molar-refractivity contribution in [3.63, 3.8) is 0 Å². The summed E-state index contributed by atoms with van der Waals surface area (Å²) in [7, 11) is 1.34. The van der Waals surface area contributed by atoms with E-state index in [4.69, 9.17) is 0 Å². The van der Waals surface area contributed by atoms with Crippen molar-refractivity contribution in [1.29, 1.82) is 0 Å². The van der Waals surface area contributed by atoms with Crippen LogP contribution in [-0.2, 0) is 26.9 Å². The Morgan fingerprint density at radius 2 is 1.94 bits per heavy atom. The quantitative estimate of drug-likeness (QED) is 0.593. The number of halogens is 3. The van der Waals surface area contributed by atoms with Gasteiger partial charge in [-0.05, 0) is 24.6 Å². The molecule has 2 aromatic rings. The fraction of sp³-hybridized carbons (Fsp3) is 0.500. The lowest BCUT2D eigenvalue weighted by Gasteiger charge is -2.35. The molecule has 1 amide bonds. The molecule has 1 fully saturated rings. The van der Waals surface area contributed by atoms with Crippen LogP contribution in [0.1, 0.15) is 23.4 Å². The number of alkyl halides is 3. The van der Waals surface area contributed by atoms with Crippen molar-refractivity contribution >= 4 is 34.0 Å². The number of hydrogen-bond donors (Lipinski definition) is 1. The van der Waals surface area contributed by atoms with Gasteiger partial charge in [-0.1, -0.05) is 17.4 Å². The number of hydrogen-bond acceptors (Lipinski definition) is 8. The molecule has 12 heteroatoms. The van der Waals surface area contributed by atoms with E-state index >= 15 is 0 Å². The summed E-state index contributed by atoms with van der Waals surface area (Å²) in [6, 6.07) is 5.28. The van der Waals surface area contributed by atoms with Crippen LogP contribution >= 0.6 is 11.3 Å². The Morgan fingerprint density at radius 1 is 1.19 bits per heavy atom. The predicted molar refractivity (Wildman–Crippen MR) is 114 cm³/mol. The molecule has 0 aliphatic carbocycles. The summed E-state index contributed by atoms with van der Waals surface area (Å²) in [4.78, 5) is 27.3. The third-order valence-corrected chi connectivity index (χ3v) is 5.89. The molecule has 8 nitrogen and oxygen atoms in total. The van der Waals surface area contributed by atoms with E-state index in [2.05, 4.69) is 20.3 Å². The molecule has 1 aliphatic rings. The van der Waals surface area contributed by atoms with Crippen LogP contribution in [0.3, 0.4) is 0 Å². The van der Waals surface area contributed by atoms with Gasteiger partial charge in [-0.3, -0.25) is 19.8 Å². The van der Waals surface area contributed by atoms with E-state index in [1.807, 2.05) is 9.80 Å². The molecular weight excluding hydrogens is 447 g/mol. The average molecular weight is 472 g/mol. The number of piperazine rings is 1. The first kappa shape index (κ1) is 23.9. The Labute approximate surface area is 187 Å². The molecule has 3 rings (SSSR count). The standard InChI is InChI=1S/C20H24F3N5O3S/c1-31-18(30)7-3-6-17-25-26-19(32-17)24-16(29)13-27-8-10-28(11-9-27)15-5-2-4-14(12-15)20(21,22)23/h2,4-5,12H,3,6-11,13H2,1H3,(H,24,26,29). The van der Waals surface area contributed by atoms with Gasteiger partial charge in [0.1, 0.15) is 5.01 Å². The second-order valence-electron chi connectivity index (χ2n) is 7.29. The summed E-state index contributed by atoms with van der Waals surface area (Å²) < 4.78 is 43.4. The molecule has 2 heterocycles. The van der Waals surface area contributed by atoms with Crippen LogP contribution in [0.15, 0.2) is 24.3 Å². The van der Waals surface area contributed by atoms with Crippen LogP contribution < -0.4 is 10.2 Å². The number of esters is 1. The van der Waals surface area contributed by atoms with Gasteiger partial charge in [-0.25, -0.2) is 0 Å². The predicted octanol–water partition coefficient (Wildman–Crippen LogP) is 2.81. The number of anilines is 2. The van der Waals surface area contributed by atoms with E-state index < -0.39 is 11.7 Å². The van der Waals surface area contributed by atoms with Gasteiger partial charge in [0.15, 0.2) is 0 Å². The van der Waals surface area contributed by atoms with E-state index in [1.165, 1.54) is 24.5 Å². The van der Waals surface area contributed by atoms with E-state index in [0.29, 0.717) is 56.3 Å². The molecule has 1 saturated heterocycles. The maximum atomic E-state index is 12.9. The van der Waals surface area contributed by atoms with Crippen molar-refractivity contribution < 1.29 is 27.5 Å². The number of aromatic nitrogens is 2. The summed E-state index contributed by atoms with van der Waals surface area (Å²) in [5, 5.41) is 11.8. The first-order valence-corrected chi connectivity index (χ1v) is 10.9. The maximum absolute atomic E-state index is 12.9. The van der Waals surface area contributed by atoms with Gasteiger partial charge in [-0.15, -0.1) is 10.2 Å². The van der Waals surface area contributed by atoms with Crippen molar-refractivity contribution in [2.45, 2.75) is 25.4 Å². The average Bonchev–Trinajstić information content (AvgIpc) is 3.20. The summed E-state index contributed by atoms with van der Waals surface area (Å²) in [6.45, 7) is 2.32. The first-order valence-electron chi connectivity index (χ1n) is 10.1. The lowest BCUT2D eigenvalue weighted by molar-refractivity contribution is -0.140. The highest BCUT2D eigenvalue weighted by Gasteiger charge is 2.31. The summed E-state index contributed by atoms with van der Waals surface area (Å²) in [6.07, 6.45) is -2.92. The minimum atomic E-state index is -4.37. The number of benzene rings is 1. The van der Waals surface area contributed by atoms with Crippen LogP contribution in [0.25, 0.3) is 0 Å². The van der Waals surface area contributed by atoms with E-state index in [-0.39, 0.29) is 18.4 Å². The Balaban J connectivity index is 1.43. The molecular formula is C20H24F3N5O3S. The molecule has 1 aromatic heterocycles. The lowest BCUT2D eigenvalue weighted by atomic mass is 10.1. The third kappa shape index (κ3) is 6.89. The second kappa shape index (κ2) is 10.7. The number of carbonyl (C=O) groups excluding carboxylic acids is 2. The van der Waals surface area contributed by atoms with Crippen molar-refractivity contribution in [3.8, 4) is 0 Å². The van der Waals surface area contributed by atoms with Crippen LogP contribution in [0.4, 0.5) is 24.0 Å². The van der Waals surface area contributed by atoms with Crippen molar-refractivity contribution in [2.24, 2.45) is 0 Å². The first-order chi connectivity index (χ1) is 15.2. The number of nitrogens with one attached hydrogen (secondary N) is 1. The number of carbonyl (C=O) groups is 2. The van der Waals surface area contributed by atoms with Crippen molar-refractivity contribution in [1.82, 2.24) is 15.1 Å². The highest BCUT2D eigenvalue weighted by atomic mass is 32.1. The SMILES string of the molecule is COC(=O)CCCc1nnc(NC(=O)CN2CCN(c3cccc(C(F)(F)F)c3)CC2)s1. The number of amides is 1. The zero-order valence-electron chi connectivity index (χ0n) is 17.5. The fourth-order valence-electron chi connectivity index (χ4n) is 3.30. The van der Waals surface area contributed by atoms with Crippen LogP contribution in [0, 0.1) is 0 Å². The normalized spacial score (nSPS) is 14.9. The Morgan fingerprint density at radius 3 is 2.62 bits per heavy atom. The maximum Gasteiger partial charge on any atom is 0.416 e.